The highest BCUT2D eigenvalue weighted by Crippen LogP contribution is 2.40. The van der Waals surface area contributed by atoms with E-state index in [0.717, 1.165) is 76.3 Å². The normalized spacial score (nSPS) is 15.1. The summed E-state index contributed by atoms with van der Waals surface area (Å²) in [6.07, 6.45) is 5.82. The van der Waals surface area contributed by atoms with Crippen molar-refractivity contribution in [3.05, 3.63) is 80.2 Å². The Kier molecular flexibility index (Phi) is 12.4. The summed E-state index contributed by atoms with van der Waals surface area (Å²) in [5.74, 6) is -0.0191. The third-order valence-corrected chi connectivity index (χ3v) is 10.5. The number of rotatable bonds is 15. The van der Waals surface area contributed by atoms with Crippen molar-refractivity contribution in [3.8, 4) is 0 Å². The summed E-state index contributed by atoms with van der Waals surface area (Å²) < 4.78 is 0. The molecule has 0 fully saturated rings. The van der Waals surface area contributed by atoms with Crippen LogP contribution in [0.1, 0.15) is 89.4 Å². The molecule has 5 rings (SSSR count). The number of amides is 3. The van der Waals surface area contributed by atoms with Crippen molar-refractivity contribution in [2.24, 2.45) is 4.99 Å². The quantitative estimate of drug-likeness (QED) is 0.0614. The molecule has 0 spiro atoms. The molecule has 13 heteroatoms. The Morgan fingerprint density at radius 3 is 2.34 bits per heavy atom. The first-order valence-corrected chi connectivity index (χ1v) is 18.3. The summed E-state index contributed by atoms with van der Waals surface area (Å²) >= 11 is 7.71. The van der Waals surface area contributed by atoms with E-state index in [4.69, 9.17) is 27.4 Å². The fourth-order valence-electron chi connectivity index (χ4n) is 6.21. The fourth-order valence-corrected chi connectivity index (χ4v) is 7.55. The van der Waals surface area contributed by atoms with Gasteiger partial charge in [-0.15, -0.1) is 11.3 Å². The van der Waals surface area contributed by atoms with Crippen LogP contribution in [-0.4, -0.2) is 60.8 Å². The van der Waals surface area contributed by atoms with Crippen LogP contribution >= 0.6 is 22.9 Å². The van der Waals surface area contributed by atoms with Crippen LogP contribution in [0.4, 0.5) is 10.7 Å². The Balaban J connectivity index is 1.02. The molecule has 2 aliphatic rings. The van der Waals surface area contributed by atoms with Crippen molar-refractivity contribution in [2.75, 3.05) is 29.9 Å². The number of carbonyl (C=O) groups excluding carboxylic acids is 3. The summed E-state index contributed by atoms with van der Waals surface area (Å²) in [7, 11) is 0. The molecule has 2 aromatic carbocycles. The van der Waals surface area contributed by atoms with E-state index in [-0.39, 0.29) is 42.4 Å². The van der Waals surface area contributed by atoms with E-state index < -0.39 is 6.04 Å². The fraction of sp³-hybridized carbons (Fsp3) is 0.405. The second-order valence-corrected chi connectivity index (χ2v) is 14.3. The predicted octanol–water partition coefficient (Wildman–Crippen LogP) is 6.34. The highest BCUT2D eigenvalue weighted by molar-refractivity contribution is 7.17. The van der Waals surface area contributed by atoms with Crippen LogP contribution in [-0.2, 0) is 16.1 Å². The number of hydrogen-bond acceptors (Lipinski definition) is 8. The molecule has 0 unspecified atom stereocenters. The minimum Gasteiger partial charge on any atom is -0.376 e. The third kappa shape index (κ3) is 8.78. The second kappa shape index (κ2) is 16.9. The van der Waals surface area contributed by atoms with Gasteiger partial charge in [0.2, 0.25) is 11.8 Å². The molecule has 0 saturated carbocycles. The van der Waals surface area contributed by atoms with Crippen molar-refractivity contribution in [2.45, 2.75) is 78.3 Å². The van der Waals surface area contributed by atoms with Gasteiger partial charge < -0.3 is 21.3 Å². The highest BCUT2D eigenvalue weighted by atomic mass is 35.5. The summed E-state index contributed by atoms with van der Waals surface area (Å²) in [6.45, 7) is 7.50. The summed E-state index contributed by atoms with van der Waals surface area (Å²) in [4.78, 5) is 44.9. The Bertz CT molecular complexity index is 1800. The van der Waals surface area contributed by atoms with E-state index in [2.05, 4.69) is 21.3 Å². The number of hydrogen-bond donors (Lipinski definition) is 6. The molecule has 3 amide bonds. The van der Waals surface area contributed by atoms with Crippen LogP contribution in [0.25, 0.3) is 0 Å². The summed E-state index contributed by atoms with van der Waals surface area (Å²) in [5, 5.41) is 30.9. The third-order valence-electron chi connectivity index (χ3n) is 9.01. The van der Waals surface area contributed by atoms with Gasteiger partial charge in [-0.3, -0.25) is 35.1 Å². The Morgan fingerprint density at radius 2 is 1.66 bits per heavy atom. The SMILES string of the molecule is CC(=N)N1C(=N)[C@H](CC(=O)NCCCCCCCCNC(=O)CNc2cccc3c2CNC3=O)N=C(c2ccc(Cl)cc2)c2c1sc(C)c2C. The van der Waals surface area contributed by atoms with E-state index in [1.54, 1.807) is 17.9 Å². The van der Waals surface area contributed by atoms with Crippen molar-refractivity contribution in [1.82, 2.24) is 16.0 Å². The highest BCUT2D eigenvalue weighted by Gasteiger charge is 2.34. The molecule has 1 atom stereocenters. The van der Waals surface area contributed by atoms with E-state index in [9.17, 15) is 14.4 Å². The monoisotopic (exact) mass is 716 g/mol. The molecular weight excluding hydrogens is 672 g/mol. The van der Waals surface area contributed by atoms with Crippen LogP contribution in [0.15, 0.2) is 47.5 Å². The molecule has 0 radical (unpaired) electrons. The zero-order valence-electron chi connectivity index (χ0n) is 28.8. The molecule has 0 saturated heterocycles. The van der Waals surface area contributed by atoms with Crippen LogP contribution in [0, 0.1) is 24.7 Å². The standard InChI is InChI=1S/C37H45ClN8O3S/c1-22-23(2)50-37-33(22)34(25-13-15-26(38)16-14-25)45-30(35(40)46(37)24(3)39)19-31(47)41-17-8-6-4-5-7-9-18-42-32(48)21-43-29-12-10-11-27-28(29)20-44-36(27)49/h10-16,30,39-40,43H,4-9,17-21H2,1-3H3,(H,41,47)(H,42,48)(H,44,49)/t30-/m0/s1. The largest absolute Gasteiger partial charge is 0.376 e. The van der Waals surface area contributed by atoms with E-state index in [1.807, 2.05) is 50.2 Å². The van der Waals surface area contributed by atoms with Crippen LogP contribution in [0.5, 0.6) is 0 Å². The molecule has 0 bridgehead atoms. The molecule has 6 N–H and O–H groups in total. The maximum Gasteiger partial charge on any atom is 0.251 e. The van der Waals surface area contributed by atoms with Crippen LogP contribution in [0.2, 0.25) is 5.02 Å². The lowest BCUT2D eigenvalue weighted by Crippen LogP contribution is -2.42. The molecule has 11 nitrogen and oxygen atoms in total. The second-order valence-electron chi connectivity index (χ2n) is 12.7. The van der Waals surface area contributed by atoms with Gasteiger partial charge in [-0.25, -0.2) is 0 Å². The first-order valence-electron chi connectivity index (χ1n) is 17.1. The summed E-state index contributed by atoms with van der Waals surface area (Å²) in [6, 6.07) is 12.1. The Hall–Kier alpha value is -4.55. The summed E-state index contributed by atoms with van der Waals surface area (Å²) in [5.41, 5.74) is 5.84. The van der Waals surface area contributed by atoms with Crippen molar-refractivity contribution >= 4 is 68.7 Å². The Morgan fingerprint density at radius 1 is 1.00 bits per heavy atom. The van der Waals surface area contributed by atoms with Gasteiger partial charge in [0, 0.05) is 57.5 Å². The average Bonchev–Trinajstić information content (AvgIpc) is 3.57. The zero-order chi connectivity index (χ0) is 35.8. The number of unbranched alkanes of at least 4 members (excludes halogenated alkanes) is 5. The molecule has 3 aromatic rings. The molecule has 0 aliphatic carbocycles. The number of halogens is 1. The van der Waals surface area contributed by atoms with Gasteiger partial charge in [-0.1, -0.05) is 55.5 Å². The maximum atomic E-state index is 13.1. The van der Waals surface area contributed by atoms with Crippen LogP contribution in [0.3, 0.4) is 0 Å². The van der Waals surface area contributed by atoms with Crippen molar-refractivity contribution < 1.29 is 14.4 Å². The lowest BCUT2D eigenvalue weighted by Gasteiger charge is -2.24. The molecule has 1 aromatic heterocycles. The van der Waals surface area contributed by atoms with Gasteiger partial charge in [0.1, 0.15) is 22.7 Å². The molecule has 50 heavy (non-hydrogen) atoms. The minimum absolute atomic E-state index is 0.0122. The number of aryl methyl sites for hydroxylation is 1. The first kappa shape index (κ1) is 36.7. The predicted molar refractivity (Wildman–Crippen MR) is 203 cm³/mol. The van der Waals surface area contributed by atoms with Gasteiger partial charge in [-0.05, 0) is 63.4 Å². The molecule has 264 valence electrons. The number of fused-ring (bicyclic) bond motifs is 2. The lowest BCUT2D eigenvalue weighted by molar-refractivity contribution is -0.121. The number of thiophene rings is 1. The lowest BCUT2D eigenvalue weighted by atomic mass is 9.99. The van der Waals surface area contributed by atoms with Gasteiger partial charge >= 0.3 is 0 Å². The number of nitrogens with one attached hydrogen (secondary N) is 6. The number of anilines is 2. The zero-order valence-corrected chi connectivity index (χ0v) is 30.4. The number of aliphatic imine (C=N–C) groups is 1. The Labute approximate surface area is 302 Å². The average molecular weight is 717 g/mol. The van der Waals surface area contributed by atoms with Gasteiger partial charge in [0.15, 0.2) is 0 Å². The topological polar surface area (TPSA) is 163 Å². The molecular formula is C37H45ClN8O3S. The van der Waals surface area contributed by atoms with Crippen LogP contribution < -0.4 is 26.2 Å². The van der Waals surface area contributed by atoms with Crippen molar-refractivity contribution in [1.29, 1.82) is 10.8 Å². The van der Waals surface area contributed by atoms with E-state index in [0.29, 0.717) is 35.9 Å². The van der Waals surface area contributed by atoms with Gasteiger partial charge in [0.25, 0.3) is 5.91 Å². The minimum atomic E-state index is -0.751. The smallest absolute Gasteiger partial charge is 0.251 e. The number of benzene rings is 2. The van der Waals surface area contributed by atoms with Gasteiger partial charge in [-0.2, -0.15) is 0 Å². The van der Waals surface area contributed by atoms with E-state index in [1.165, 1.54) is 11.3 Å². The van der Waals surface area contributed by atoms with Gasteiger partial charge in [0.05, 0.1) is 18.7 Å². The number of nitrogens with zero attached hydrogens (tertiary/aromatic N) is 2. The first-order chi connectivity index (χ1) is 24.0. The van der Waals surface area contributed by atoms with E-state index >= 15 is 0 Å². The number of carbonyl (C=O) groups is 3. The molecule has 3 heterocycles. The van der Waals surface area contributed by atoms with Crippen molar-refractivity contribution in [3.63, 3.8) is 0 Å². The number of amidine groups is 2. The maximum absolute atomic E-state index is 13.1. The molecule has 2 aliphatic heterocycles.